The van der Waals surface area contributed by atoms with Crippen molar-refractivity contribution in [2.45, 2.75) is 19.4 Å². The molecule has 1 heterocycles. The van der Waals surface area contributed by atoms with Crippen LogP contribution in [0.2, 0.25) is 5.02 Å². The van der Waals surface area contributed by atoms with E-state index in [2.05, 4.69) is 0 Å². The first-order valence-electron chi connectivity index (χ1n) is 3.09. The maximum atomic E-state index is 8.98. The van der Waals surface area contributed by atoms with Gasteiger partial charge < -0.3 is 5.11 Å². The molecular weight excluding hydrogens is 168 g/mol. The number of aliphatic hydroxyl groups excluding tert-OH is 1. The molecule has 0 unspecified atom stereocenters. The summed E-state index contributed by atoms with van der Waals surface area (Å²) >= 11 is 7.26. The Morgan fingerprint density at radius 1 is 1.80 bits per heavy atom. The van der Waals surface area contributed by atoms with Crippen molar-refractivity contribution in [1.29, 1.82) is 0 Å². The standard InChI is InChI=1S/C7H9ClOS/c1-5(9)2-7-3-6(8)4-10-7/h3-5,9H,2H2,1H3/t5-/m0/s1. The van der Waals surface area contributed by atoms with E-state index < -0.39 is 0 Å². The van der Waals surface area contributed by atoms with E-state index in [9.17, 15) is 0 Å². The SMILES string of the molecule is C[C@H](O)Cc1cc(Cl)cs1. The molecule has 56 valence electrons. The lowest BCUT2D eigenvalue weighted by molar-refractivity contribution is 0.196. The predicted molar refractivity (Wildman–Crippen MR) is 44.7 cm³/mol. The third kappa shape index (κ3) is 2.29. The molecule has 1 atom stereocenters. The first-order chi connectivity index (χ1) is 4.68. The van der Waals surface area contributed by atoms with Crippen LogP contribution in [0.1, 0.15) is 11.8 Å². The average molecular weight is 177 g/mol. The van der Waals surface area contributed by atoms with Crippen LogP contribution in [0, 0.1) is 0 Å². The highest BCUT2D eigenvalue weighted by Crippen LogP contribution is 2.20. The van der Waals surface area contributed by atoms with Gasteiger partial charge in [-0.1, -0.05) is 11.6 Å². The summed E-state index contributed by atoms with van der Waals surface area (Å²) in [6.45, 7) is 1.77. The van der Waals surface area contributed by atoms with Gasteiger partial charge in [0.15, 0.2) is 0 Å². The van der Waals surface area contributed by atoms with Crippen LogP contribution in [-0.2, 0) is 6.42 Å². The molecule has 1 aromatic heterocycles. The van der Waals surface area contributed by atoms with Crippen LogP contribution in [0.25, 0.3) is 0 Å². The zero-order chi connectivity index (χ0) is 7.56. The van der Waals surface area contributed by atoms with Gasteiger partial charge in [-0.05, 0) is 13.0 Å². The van der Waals surface area contributed by atoms with E-state index in [4.69, 9.17) is 16.7 Å². The first kappa shape index (κ1) is 8.05. The van der Waals surface area contributed by atoms with Gasteiger partial charge in [-0.3, -0.25) is 0 Å². The summed E-state index contributed by atoms with van der Waals surface area (Å²) in [6.07, 6.45) is 0.437. The van der Waals surface area contributed by atoms with Crippen molar-refractivity contribution < 1.29 is 5.11 Å². The second kappa shape index (κ2) is 3.37. The molecule has 0 spiro atoms. The Morgan fingerprint density at radius 2 is 2.50 bits per heavy atom. The molecule has 0 bridgehead atoms. The highest BCUT2D eigenvalue weighted by molar-refractivity contribution is 7.10. The van der Waals surface area contributed by atoms with Crippen molar-refractivity contribution in [3.05, 3.63) is 21.3 Å². The Kier molecular flexibility index (Phi) is 2.72. The number of hydrogen-bond donors (Lipinski definition) is 1. The number of halogens is 1. The highest BCUT2D eigenvalue weighted by atomic mass is 35.5. The average Bonchev–Trinajstić information content (AvgIpc) is 2.13. The summed E-state index contributed by atoms with van der Waals surface area (Å²) in [5, 5.41) is 11.6. The molecule has 0 aromatic carbocycles. The van der Waals surface area contributed by atoms with Gasteiger partial charge in [0.2, 0.25) is 0 Å². The molecule has 3 heteroatoms. The lowest BCUT2D eigenvalue weighted by atomic mass is 10.2. The molecule has 1 nitrogen and oxygen atoms in total. The molecule has 1 aromatic rings. The molecule has 0 aliphatic carbocycles. The zero-order valence-electron chi connectivity index (χ0n) is 5.67. The number of hydrogen-bond acceptors (Lipinski definition) is 2. The van der Waals surface area contributed by atoms with Crippen molar-refractivity contribution in [2.75, 3.05) is 0 Å². The highest BCUT2D eigenvalue weighted by Gasteiger charge is 2.00. The number of thiophene rings is 1. The molecular formula is C7H9ClOS. The molecule has 0 aliphatic rings. The Balaban J connectivity index is 2.58. The first-order valence-corrected chi connectivity index (χ1v) is 4.35. The summed E-state index contributed by atoms with van der Waals surface area (Å²) in [4.78, 5) is 1.14. The van der Waals surface area contributed by atoms with Gasteiger partial charge in [0, 0.05) is 16.7 Å². The third-order valence-electron chi connectivity index (χ3n) is 1.12. The minimum absolute atomic E-state index is 0.269. The van der Waals surface area contributed by atoms with Gasteiger partial charge in [0.1, 0.15) is 0 Å². The van der Waals surface area contributed by atoms with Crippen LogP contribution < -0.4 is 0 Å². The Labute approximate surface area is 69.3 Å². The van der Waals surface area contributed by atoms with Crippen LogP contribution in [0.4, 0.5) is 0 Å². The molecule has 0 saturated heterocycles. The third-order valence-corrected chi connectivity index (χ3v) is 2.43. The van der Waals surface area contributed by atoms with Crippen LogP contribution >= 0.6 is 22.9 Å². The van der Waals surface area contributed by atoms with Gasteiger partial charge >= 0.3 is 0 Å². The van der Waals surface area contributed by atoms with Crippen molar-refractivity contribution >= 4 is 22.9 Å². The van der Waals surface area contributed by atoms with E-state index in [1.54, 1.807) is 18.3 Å². The summed E-state index contributed by atoms with van der Waals surface area (Å²) in [5.41, 5.74) is 0. The second-order valence-electron chi connectivity index (χ2n) is 2.28. The number of rotatable bonds is 2. The lowest BCUT2D eigenvalue weighted by Gasteiger charge is -1.98. The van der Waals surface area contributed by atoms with E-state index in [-0.39, 0.29) is 6.10 Å². The van der Waals surface area contributed by atoms with E-state index in [0.29, 0.717) is 6.42 Å². The van der Waals surface area contributed by atoms with E-state index >= 15 is 0 Å². The Bertz CT molecular complexity index is 207. The Hall–Kier alpha value is -0.0500. The summed E-state index contributed by atoms with van der Waals surface area (Å²) in [5.74, 6) is 0. The summed E-state index contributed by atoms with van der Waals surface area (Å²) < 4.78 is 0. The molecule has 0 saturated carbocycles. The Morgan fingerprint density at radius 3 is 2.90 bits per heavy atom. The van der Waals surface area contributed by atoms with Crippen LogP contribution in [0.15, 0.2) is 11.4 Å². The molecule has 1 rings (SSSR count). The fourth-order valence-corrected chi connectivity index (χ4v) is 1.95. The number of aliphatic hydroxyl groups is 1. The minimum Gasteiger partial charge on any atom is -0.393 e. The lowest BCUT2D eigenvalue weighted by Crippen LogP contribution is -2.01. The van der Waals surface area contributed by atoms with Gasteiger partial charge in [-0.2, -0.15) is 0 Å². The smallest absolute Gasteiger partial charge is 0.0560 e. The second-order valence-corrected chi connectivity index (χ2v) is 3.72. The van der Waals surface area contributed by atoms with Gasteiger partial charge in [0.25, 0.3) is 0 Å². The quantitative estimate of drug-likeness (QED) is 0.734. The fourth-order valence-electron chi connectivity index (χ4n) is 0.752. The zero-order valence-corrected chi connectivity index (χ0v) is 7.25. The van der Waals surface area contributed by atoms with Crippen molar-refractivity contribution in [3.63, 3.8) is 0 Å². The molecule has 0 aliphatic heterocycles. The van der Waals surface area contributed by atoms with Crippen LogP contribution in [0.3, 0.4) is 0 Å². The van der Waals surface area contributed by atoms with Gasteiger partial charge in [-0.25, -0.2) is 0 Å². The van der Waals surface area contributed by atoms with Gasteiger partial charge in [0.05, 0.1) is 11.1 Å². The maximum absolute atomic E-state index is 8.98. The molecule has 1 N–H and O–H groups in total. The monoisotopic (exact) mass is 176 g/mol. The van der Waals surface area contributed by atoms with E-state index in [0.717, 1.165) is 9.90 Å². The normalized spacial score (nSPS) is 13.5. The van der Waals surface area contributed by atoms with E-state index in [1.165, 1.54) is 0 Å². The van der Waals surface area contributed by atoms with Crippen molar-refractivity contribution in [1.82, 2.24) is 0 Å². The van der Waals surface area contributed by atoms with Gasteiger partial charge in [-0.15, -0.1) is 11.3 Å². The molecule has 10 heavy (non-hydrogen) atoms. The summed E-state index contributed by atoms with van der Waals surface area (Å²) in [7, 11) is 0. The van der Waals surface area contributed by atoms with Crippen molar-refractivity contribution in [2.24, 2.45) is 0 Å². The van der Waals surface area contributed by atoms with Crippen LogP contribution in [0.5, 0.6) is 0 Å². The summed E-state index contributed by atoms with van der Waals surface area (Å²) in [6, 6.07) is 1.89. The molecule has 0 radical (unpaired) electrons. The fraction of sp³-hybridized carbons (Fsp3) is 0.429. The predicted octanol–water partition coefficient (Wildman–Crippen LogP) is 2.32. The maximum Gasteiger partial charge on any atom is 0.0560 e. The largest absolute Gasteiger partial charge is 0.393 e. The van der Waals surface area contributed by atoms with Crippen molar-refractivity contribution in [3.8, 4) is 0 Å². The van der Waals surface area contributed by atoms with E-state index in [1.807, 2.05) is 11.4 Å². The van der Waals surface area contributed by atoms with Crippen LogP contribution in [-0.4, -0.2) is 11.2 Å². The minimum atomic E-state index is -0.269. The topological polar surface area (TPSA) is 20.2 Å². The molecule has 0 fully saturated rings. The molecule has 0 amide bonds.